The Hall–Kier alpha value is -6.28. The van der Waals surface area contributed by atoms with Crippen LogP contribution in [0.4, 0.5) is 40.6 Å². The lowest BCUT2D eigenvalue weighted by Gasteiger charge is -2.27. The van der Waals surface area contributed by atoms with E-state index in [1.807, 2.05) is 30.0 Å². The Balaban J connectivity index is 1.23. The Labute approximate surface area is 348 Å². The molecule has 15 heteroatoms. The predicted molar refractivity (Wildman–Crippen MR) is 224 cm³/mol. The van der Waals surface area contributed by atoms with E-state index in [1.54, 1.807) is 55.3 Å². The summed E-state index contributed by atoms with van der Waals surface area (Å²) in [6, 6.07) is 16.7. The first-order valence-corrected chi connectivity index (χ1v) is 19.7. The minimum Gasteiger partial charge on any atom is -0.465 e. The van der Waals surface area contributed by atoms with Gasteiger partial charge in [-0.2, -0.15) is 13.2 Å². The second-order valence-corrected chi connectivity index (χ2v) is 15.0. The molecular weight excluding hydrogens is 800 g/mol. The molecule has 0 unspecified atom stereocenters. The van der Waals surface area contributed by atoms with Crippen LogP contribution in [0.2, 0.25) is 5.02 Å². The highest BCUT2D eigenvalue weighted by Crippen LogP contribution is 2.38. The number of aromatic nitrogens is 2. The number of likely N-dealkylation sites (tertiary alicyclic amines) is 1. The van der Waals surface area contributed by atoms with E-state index in [9.17, 15) is 31.9 Å². The number of amides is 2. The Morgan fingerprint density at radius 1 is 0.833 bits per heavy atom. The molecule has 0 atom stereocenters. The van der Waals surface area contributed by atoms with Gasteiger partial charge in [0, 0.05) is 65.8 Å². The SMILES string of the molecule is CCN(Cc1cc(Nc2ncc(C(=O)N3CCCCC3)c3c(C)cccc23)c(Cl)c(C(=O)OC)c1)C(=O)c1cnc(Nc2ccc(F)c(C(F)(F)F)c2)c2cccc(C)c12. The fourth-order valence-electron chi connectivity index (χ4n) is 7.69. The molecule has 1 aliphatic heterocycles. The molecule has 0 spiro atoms. The third kappa shape index (κ3) is 8.29. The molecule has 1 fully saturated rings. The van der Waals surface area contributed by atoms with Gasteiger partial charge in [-0.05, 0) is 87.1 Å². The number of pyridine rings is 2. The highest BCUT2D eigenvalue weighted by Gasteiger charge is 2.34. The Kier molecular flexibility index (Phi) is 12.0. The molecular formula is C45H41ClF4N6O4. The largest absolute Gasteiger partial charge is 0.465 e. The number of nitrogens with zero attached hydrogens (tertiary/aromatic N) is 4. The number of benzene rings is 4. The average Bonchev–Trinajstić information content (AvgIpc) is 3.24. The summed E-state index contributed by atoms with van der Waals surface area (Å²) >= 11 is 6.87. The lowest BCUT2D eigenvalue weighted by atomic mass is 10.00. The molecule has 60 heavy (non-hydrogen) atoms. The lowest BCUT2D eigenvalue weighted by Crippen LogP contribution is -2.35. The number of esters is 1. The van der Waals surface area contributed by atoms with Crippen LogP contribution >= 0.6 is 11.6 Å². The van der Waals surface area contributed by atoms with E-state index in [-0.39, 0.29) is 46.7 Å². The lowest BCUT2D eigenvalue weighted by molar-refractivity contribution is -0.139. The van der Waals surface area contributed by atoms with Crippen LogP contribution in [0.3, 0.4) is 0 Å². The number of anilines is 4. The van der Waals surface area contributed by atoms with Crippen LogP contribution in [0, 0.1) is 19.7 Å². The number of ether oxygens (including phenoxy) is 1. The van der Waals surface area contributed by atoms with Crippen molar-refractivity contribution in [1.82, 2.24) is 19.8 Å². The highest BCUT2D eigenvalue weighted by atomic mass is 35.5. The smallest absolute Gasteiger partial charge is 0.419 e. The van der Waals surface area contributed by atoms with E-state index in [2.05, 4.69) is 20.6 Å². The highest BCUT2D eigenvalue weighted by molar-refractivity contribution is 6.36. The van der Waals surface area contributed by atoms with Gasteiger partial charge >= 0.3 is 12.1 Å². The van der Waals surface area contributed by atoms with E-state index < -0.39 is 29.4 Å². The topological polar surface area (TPSA) is 117 Å². The van der Waals surface area contributed by atoms with Crippen LogP contribution in [0.15, 0.2) is 79.1 Å². The van der Waals surface area contributed by atoms with Crippen molar-refractivity contribution in [3.05, 3.63) is 129 Å². The summed E-state index contributed by atoms with van der Waals surface area (Å²) in [5, 5.41) is 8.62. The maximum Gasteiger partial charge on any atom is 0.419 e. The van der Waals surface area contributed by atoms with Crippen LogP contribution in [-0.4, -0.2) is 64.3 Å². The molecule has 2 N–H and O–H groups in total. The predicted octanol–water partition coefficient (Wildman–Crippen LogP) is 10.8. The number of carbonyl (C=O) groups excluding carboxylic acids is 3. The zero-order valence-corrected chi connectivity index (χ0v) is 34.0. The molecule has 3 heterocycles. The Morgan fingerprint density at radius 2 is 1.45 bits per heavy atom. The molecule has 0 bridgehead atoms. The van der Waals surface area contributed by atoms with E-state index in [0.29, 0.717) is 63.5 Å². The van der Waals surface area contributed by atoms with Crippen molar-refractivity contribution in [2.75, 3.05) is 37.4 Å². The summed E-state index contributed by atoms with van der Waals surface area (Å²) in [4.78, 5) is 53.8. The van der Waals surface area contributed by atoms with Crippen molar-refractivity contribution in [2.45, 2.75) is 52.8 Å². The number of methoxy groups -OCH3 is 1. The summed E-state index contributed by atoms with van der Waals surface area (Å²) < 4.78 is 59.6. The van der Waals surface area contributed by atoms with Crippen LogP contribution < -0.4 is 10.6 Å². The number of hydrogen-bond acceptors (Lipinski definition) is 8. The summed E-state index contributed by atoms with van der Waals surface area (Å²) in [6.07, 6.45) is 0.982. The van der Waals surface area contributed by atoms with Crippen molar-refractivity contribution in [2.24, 2.45) is 0 Å². The molecule has 310 valence electrons. The summed E-state index contributed by atoms with van der Waals surface area (Å²) in [7, 11) is 1.24. The van der Waals surface area contributed by atoms with Crippen molar-refractivity contribution in [3.63, 3.8) is 0 Å². The number of rotatable bonds is 10. The summed E-state index contributed by atoms with van der Waals surface area (Å²) in [6.45, 7) is 7.15. The van der Waals surface area contributed by atoms with E-state index in [1.165, 1.54) is 19.4 Å². The second kappa shape index (κ2) is 17.1. The Morgan fingerprint density at radius 3 is 2.07 bits per heavy atom. The number of hydrogen-bond donors (Lipinski definition) is 2. The van der Waals surface area contributed by atoms with Gasteiger partial charge in [0.05, 0.1) is 40.1 Å². The zero-order valence-electron chi connectivity index (χ0n) is 33.3. The number of aryl methyl sites for hydroxylation is 2. The quantitative estimate of drug-likeness (QED) is 0.103. The summed E-state index contributed by atoms with van der Waals surface area (Å²) in [5.74, 6) is -2.02. The number of carbonyl (C=O) groups is 3. The zero-order chi connectivity index (χ0) is 42.9. The first-order chi connectivity index (χ1) is 28.7. The first-order valence-electron chi connectivity index (χ1n) is 19.4. The Bertz CT molecular complexity index is 2670. The van der Waals surface area contributed by atoms with Crippen molar-refractivity contribution < 1.29 is 36.7 Å². The van der Waals surface area contributed by atoms with Crippen molar-refractivity contribution in [1.29, 1.82) is 0 Å². The molecule has 1 saturated heterocycles. The van der Waals surface area contributed by atoms with Crippen LogP contribution in [-0.2, 0) is 17.5 Å². The van der Waals surface area contributed by atoms with E-state index in [4.69, 9.17) is 16.3 Å². The molecule has 6 aromatic rings. The van der Waals surface area contributed by atoms with Gasteiger partial charge in [0.15, 0.2) is 0 Å². The minimum atomic E-state index is -4.91. The number of fused-ring (bicyclic) bond motifs is 2. The molecule has 0 radical (unpaired) electrons. The molecule has 0 aliphatic carbocycles. The second-order valence-electron chi connectivity index (χ2n) is 14.6. The number of piperidine rings is 1. The van der Waals surface area contributed by atoms with Gasteiger partial charge in [0.25, 0.3) is 11.8 Å². The van der Waals surface area contributed by atoms with Crippen LogP contribution in [0.1, 0.15) is 79.5 Å². The van der Waals surface area contributed by atoms with Crippen molar-refractivity contribution in [3.8, 4) is 0 Å². The third-order valence-corrected chi connectivity index (χ3v) is 11.1. The number of nitrogens with one attached hydrogen (secondary N) is 2. The van der Waals surface area contributed by atoms with Gasteiger partial charge in [0.1, 0.15) is 17.5 Å². The standard InChI is InChI=1S/C45H41ClF4N6O4/c1-5-55(42(57)32-22-51-40(29-13-9-11-25(2)37(29)32)53-28-15-16-35(47)34(21-28)45(48,49)50)24-27-19-31(44(59)60-4)39(46)36(20-27)54-41-30-14-10-12-26(3)38(30)33(23-52-41)43(58)56-17-7-6-8-18-56/h9-16,19-23H,5-8,17-18,24H2,1-4H3,(H,51,53)(H,52,54). The van der Waals surface area contributed by atoms with E-state index in [0.717, 1.165) is 36.3 Å². The maximum atomic E-state index is 14.4. The average molecular weight is 841 g/mol. The molecule has 1 aliphatic rings. The number of halogens is 5. The maximum absolute atomic E-state index is 14.4. The monoisotopic (exact) mass is 840 g/mol. The van der Waals surface area contributed by atoms with Gasteiger partial charge in [-0.1, -0.05) is 48.0 Å². The van der Waals surface area contributed by atoms with Gasteiger partial charge in [-0.25, -0.2) is 19.2 Å². The van der Waals surface area contributed by atoms with Gasteiger partial charge in [-0.15, -0.1) is 0 Å². The third-order valence-electron chi connectivity index (χ3n) is 10.7. The molecule has 2 aromatic heterocycles. The van der Waals surface area contributed by atoms with Gasteiger partial charge in [-0.3, -0.25) is 9.59 Å². The molecule has 7 rings (SSSR count). The van der Waals surface area contributed by atoms with Gasteiger partial charge < -0.3 is 25.2 Å². The minimum absolute atomic E-state index is 0.0188. The molecule has 2 amide bonds. The molecule has 4 aromatic carbocycles. The normalized spacial score (nSPS) is 13.1. The van der Waals surface area contributed by atoms with Crippen LogP contribution in [0.5, 0.6) is 0 Å². The molecule has 0 saturated carbocycles. The fourth-order valence-corrected chi connectivity index (χ4v) is 7.92. The number of alkyl halides is 3. The van der Waals surface area contributed by atoms with E-state index >= 15 is 0 Å². The molecule has 10 nitrogen and oxygen atoms in total. The first kappa shape index (κ1) is 41.9. The van der Waals surface area contributed by atoms with Crippen molar-refractivity contribution >= 4 is 73.9 Å². The van der Waals surface area contributed by atoms with Crippen LogP contribution in [0.25, 0.3) is 21.5 Å². The van der Waals surface area contributed by atoms with Gasteiger partial charge in [0.2, 0.25) is 0 Å². The summed E-state index contributed by atoms with van der Waals surface area (Å²) in [5.41, 5.74) is 1.75. The fraction of sp³-hybridized carbons (Fsp3) is 0.267.